The van der Waals surface area contributed by atoms with Crippen LogP contribution in [0, 0.1) is 5.92 Å². The molecule has 1 saturated carbocycles. The number of benzene rings is 1. The van der Waals surface area contributed by atoms with E-state index in [1.54, 1.807) is 6.07 Å². The Morgan fingerprint density at radius 2 is 1.90 bits per heavy atom. The smallest absolute Gasteiger partial charge is 0.335 e. The molecule has 0 radical (unpaired) electrons. The van der Waals surface area contributed by atoms with Crippen LogP contribution in [0.1, 0.15) is 49.3 Å². The molecular formula is C22H29NO8. The maximum absolute atomic E-state index is 11.4. The second-order valence-electron chi connectivity index (χ2n) is 9.29. The van der Waals surface area contributed by atoms with E-state index in [-0.39, 0.29) is 11.5 Å². The second-order valence-corrected chi connectivity index (χ2v) is 9.29. The van der Waals surface area contributed by atoms with Crippen LogP contribution in [0.2, 0.25) is 0 Å². The van der Waals surface area contributed by atoms with Crippen LogP contribution in [-0.4, -0.2) is 74.8 Å². The van der Waals surface area contributed by atoms with Gasteiger partial charge in [0.1, 0.15) is 24.1 Å². The lowest BCUT2D eigenvalue weighted by atomic mass is 9.52. The number of ether oxygens (including phenoxy) is 2. The number of hydrogen-bond acceptors (Lipinski definition) is 8. The summed E-state index contributed by atoms with van der Waals surface area (Å²) >= 11 is 0. The number of nitrogens with one attached hydrogen (secondary N) is 1. The molecule has 3 fully saturated rings. The molecule has 0 spiro atoms. The molecule has 2 aliphatic carbocycles. The molecule has 1 aromatic rings. The molecular weight excluding hydrogens is 406 g/mol. The molecule has 31 heavy (non-hydrogen) atoms. The Kier molecular flexibility index (Phi) is 5.23. The van der Waals surface area contributed by atoms with Crippen LogP contribution in [0.5, 0.6) is 5.75 Å². The third kappa shape index (κ3) is 3.18. The van der Waals surface area contributed by atoms with E-state index in [0.29, 0.717) is 11.7 Å². The SMILES string of the molecule is O=C(O)[C@H]1O[C@@H](Oc2ccc3c(c2)[C@]24CCCC[C@@H]2[C@@H](NCC4)C3O)[C@H](O)[C@@H](O)[C@@H]1O. The van der Waals surface area contributed by atoms with E-state index in [1.165, 1.54) is 0 Å². The van der Waals surface area contributed by atoms with Crippen molar-refractivity contribution >= 4 is 5.97 Å². The van der Waals surface area contributed by atoms with Crippen molar-refractivity contribution < 1.29 is 39.8 Å². The van der Waals surface area contributed by atoms with Crippen molar-refractivity contribution in [2.75, 3.05) is 6.54 Å². The van der Waals surface area contributed by atoms with Gasteiger partial charge in [-0.1, -0.05) is 18.9 Å². The van der Waals surface area contributed by atoms with Crippen LogP contribution in [-0.2, 0) is 14.9 Å². The topological polar surface area (TPSA) is 149 Å². The monoisotopic (exact) mass is 435 g/mol. The molecule has 5 rings (SSSR count). The first-order valence-electron chi connectivity index (χ1n) is 11.0. The van der Waals surface area contributed by atoms with Crippen molar-refractivity contribution in [1.82, 2.24) is 5.32 Å². The fourth-order valence-corrected chi connectivity index (χ4v) is 6.28. The third-order valence-corrected chi connectivity index (χ3v) is 7.77. The zero-order valence-corrected chi connectivity index (χ0v) is 17.1. The molecule has 1 unspecified atom stereocenters. The highest BCUT2D eigenvalue weighted by molar-refractivity contribution is 5.73. The van der Waals surface area contributed by atoms with Gasteiger partial charge in [0.15, 0.2) is 6.10 Å². The summed E-state index contributed by atoms with van der Waals surface area (Å²) < 4.78 is 11.0. The molecule has 2 saturated heterocycles. The molecule has 0 aromatic heterocycles. The van der Waals surface area contributed by atoms with Crippen molar-refractivity contribution in [2.45, 2.75) is 80.4 Å². The minimum absolute atomic E-state index is 0.0322. The number of fused-ring (bicyclic) bond motifs is 1. The maximum atomic E-state index is 11.4. The second kappa shape index (κ2) is 7.68. The van der Waals surface area contributed by atoms with Crippen LogP contribution < -0.4 is 10.1 Å². The molecule has 4 aliphatic rings. The van der Waals surface area contributed by atoms with Crippen molar-refractivity contribution in [3.63, 3.8) is 0 Å². The lowest BCUT2D eigenvalue weighted by Crippen LogP contribution is -2.61. The number of carboxylic acids is 1. The first kappa shape index (κ1) is 21.1. The highest BCUT2D eigenvalue weighted by atomic mass is 16.7. The molecule has 0 amide bonds. The Balaban J connectivity index is 1.47. The van der Waals surface area contributed by atoms with Crippen LogP contribution in [0.3, 0.4) is 0 Å². The summed E-state index contributed by atoms with van der Waals surface area (Å²) in [5.41, 5.74) is 1.86. The van der Waals surface area contributed by atoms with E-state index in [4.69, 9.17) is 9.47 Å². The summed E-state index contributed by atoms with van der Waals surface area (Å²) in [6, 6.07) is 5.37. The van der Waals surface area contributed by atoms with Gasteiger partial charge in [0.2, 0.25) is 6.29 Å². The lowest BCUT2D eigenvalue weighted by molar-refractivity contribution is -0.271. The molecule has 170 valence electrons. The molecule has 9 atom stereocenters. The maximum Gasteiger partial charge on any atom is 0.335 e. The number of aliphatic carboxylic acids is 1. The molecule has 2 heterocycles. The Bertz CT molecular complexity index is 860. The third-order valence-electron chi connectivity index (χ3n) is 7.77. The number of rotatable bonds is 3. The van der Waals surface area contributed by atoms with Gasteiger partial charge in [0, 0.05) is 11.5 Å². The standard InChI is InChI=1S/C22H29NO8/c24-15-11-5-4-10(30-21-18(27)16(25)17(26)19(31-21)20(28)29)9-13(11)22-6-2-1-3-12(22)14(15)23-8-7-22/h4-5,9,12,14-19,21,23-27H,1-3,6-8H2,(H,28,29)/t12-,14-,15?,16+,17+,18-,19+,21-,22+/m1/s1. The highest BCUT2D eigenvalue weighted by Gasteiger charge is 2.55. The van der Waals surface area contributed by atoms with Crippen LogP contribution in [0.25, 0.3) is 0 Å². The fourth-order valence-electron chi connectivity index (χ4n) is 6.28. The van der Waals surface area contributed by atoms with Gasteiger partial charge >= 0.3 is 5.97 Å². The first-order chi connectivity index (χ1) is 14.8. The van der Waals surface area contributed by atoms with Gasteiger partial charge in [0.25, 0.3) is 0 Å². The van der Waals surface area contributed by atoms with Gasteiger partial charge in [0.05, 0.1) is 6.10 Å². The number of carboxylic acid groups (broad SMARTS) is 1. The van der Waals surface area contributed by atoms with E-state index in [2.05, 4.69) is 5.32 Å². The van der Waals surface area contributed by atoms with Gasteiger partial charge in [-0.3, -0.25) is 0 Å². The predicted molar refractivity (Wildman–Crippen MR) is 106 cm³/mol. The summed E-state index contributed by atoms with van der Waals surface area (Å²) in [4.78, 5) is 11.4. The van der Waals surface area contributed by atoms with Crippen molar-refractivity contribution in [3.05, 3.63) is 29.3 Å². The number of aliphatic hydroxyl groups excluding tert-OH is 4. The predicted octanol–water partition coefficient (Wildman–Crippen LogP) is -0.205. The van der Waals surface area contributed by atoms with Gasteiger partial charge in [-0.05, 0) is 55.0 Å². The Hall–Kier alpha value is -1.75. The minimum Gasteiger partial charge on any atom is -0.479 e. The number of carbonyl (C=O) groups is 1. The van der Waals surface area contributed by atoms with Crippen LogP contribution in [0.4, 0.5) is 0 Å². The number of hydrogen-bond donors (Lipinski definition) is 6. The normalized spacial score (nSPS) is 44.1. The molecule has 6 N–H and O–H groups in total. The molecule has 9 nitrogen and oxygen atoms in total. The van der Waals surface area contributed by atoms with Crippen molar-refractivity contribution in [2.24, 2.45) is 5.92 Å². The van der Waals surface area contributed by atoms with E-state index >= 15 is 0 Å². The highest BCUT2D eigenvalue weighted by Crippen LogP contribution is 2.56. The molecule has 1 aromatic carbocycles. The number of aliphatic hydroxyl groups is 4. The Morgan fingerprint density at radius 1 is 1.10 bits per heavy atom. The van der Waals surface area contributed by atoms with E-state index in [1.807, 2.05) is 12.1 Å². The van der Waals surface area contributed by atoms with Crippen molar-refractivity contribution in [1.29, 1.82) is 0 Å². The average molecular weight is 435 g/mol. The van der Waals surface area contributed by atoms with Gasteiger partial charge in [-0.2, -0.15) is 0 Å². The zero-order valence-electron chi connectivity index (χ0n) is 17.1. The quantitative estimate of drug-likeness (QED) is 0.379. The Labute approximate surface area is 179 Å². The van der Waals surface area contributed by atoms with Crippen LogP contribution >= 0.6 is 0 Å². The van der Waals surface area contributed by atoms with E-state index in [0.717, 1.165) is 49.8 Å². The summed E-state index contributed by atoms with van der Waals surface area (Å²) in [7, 11) is 0. The van der Waals surface area contributed by atoms with Crippen molar-refractivity contribution in [3.8, 4) is 5.75 Å². The summed E-state index contributed by atoms with van der Waals surface area (Å²) in [6.45, 7) is 0.831. The van der Waals surface area contributed by atoms with E-state index in [9.17, 15) is 30.3 Å². The summed E-state index contributed by atoms with van der Waals surface area (Å²) in [6.07, 6.45) is -3.57. The number of piperidine rings is 1. The Morgan fingerprint density at radius 3 is 2.68 bits per heavy atom. The summed E-state index contributed by atoms with van der Waals surface area (Å²) in [5, 5.41) is 54.0. The van der Waals surface area contributed by atoms with Gasteiger partial charge in [-0.15, -0.1) is 0 Å². The van der Waals surface area contributed by atoms with Gasteiger partial charge < -0.3 is 40.3 Å². The lowest BCUT2D eigenvalue weighted by Gasteiger charge is -2.57. The zero-order chi connectivity index (χ0) is 21.9. The van der Waals surface area contributed by atoms with Crippen LogP contribution in [0.15, 0.2) is 18.2 Å². The minimum atomic E-state index is -1.76. The molecule has 2 aliphatic heterocycles. The molecule has 9 heteroatoms. The molecule has 2 bridgehead atoms. The average Bonchev–Trinajstić information content (AvgIpc) is 2.77. The largest absolute Gasteiger partial charge is 0.479 e. The van der Waals surface area contributed by atoms with E-state index < -0.39 is 42.8 Å². The van der Waals surface area contributed by atoms with Gasteiger partial charge in [-0.25, -0.2) is 4.79 Å². The summed E-state index contributed by atoms with van der Waals surface area (Å²) in [5.74, 6) is -0.763. The fraction of sp³-hybridized carbons (Fsp3) is 0.682. The first-order valence-corrected chi connectivity index (χ1v) is 11.0.